The Balaban J connectivity index is 2.04. The Kier molecular flexibility index (Phi) is 3.53. The molecule has 0 saturated carbocycles. The van der Waals surface area contributed by atoms with Gasteiger partial charge in [0.15, 0.2) is 0 Å². The highest BCUT2D eigenvalue weighted by Crippen LogP contribution is 2.23. The van der Waals surface area contributed by atoms with E-state index in [1.807, 2.05) is 16.8 Å². The maximum atomic E-state index is 13.4. The first-order valence-corrected chi connectivity index (χ1v) is 6.61. The predicted molar refractivity (Wildman–Crippen MR) is 75.5 cm³/mol. The normalized spacial score (nSPS) is 12.5. The molecule has 2 heterocycles. The summed E-state index contributed by atoms with van der Waals surface area (Å²) in [5.74, 6) is -0.377. The number of aliphatic hydroxyl groups excluding tert-OH is 1. The van der Waals surface area contributed by atoms with E-state index in [0.717, 1.165) is 5.69 Å². The van der Waals surface area contributed by atoms with Crippen molar-refractivity contribution in [2.24, 2.45) is 0 Å². The van der Waals surface area contributed by atoms with E-state index in [4.69, 9.17) is 0 Å². The monoisotopic (exact) mass is 286 g/mol. The Labute approximate surface area is 121 Å². The lowest BCUT2D eigenvalue weighted by molar-refractivity contribution is 0.198. The van der Waals surface area contributed by atoms with Crippen LogP contribution in [0.3, 0.4) is 0 Å². The van der Waals surface area contributed by atoms with Crippen LogP contribution in [0, 0.1) is 5.82 Å². The van der Waals surface area contributed by atoms with Crippen LogP contribution in [0.2, 0.25) is 0 Å². The average Bonchev–Trinajstić information content (AvgIpc) is 3.11. The van der Waals surface area contributed by atoms with Gasteiger partial charge in [0.05, 0.1) is 30.4 Å². The molecule has 0 saturated heterocycles. The summed E-state index contributed by atoms with van der Waals surface area (Å²) in [5.41, 5.74) is 2.10. The summed E-state index contributed by atoms with van der Waals surface area (Å²) in [6, 6.07) is 6.21. The van der Waals surface area contributed by atoms with E-state index in [9.17, 15) is 9.50 Å². The van der Waals surface area contributed by atoms with Gasteiger partial charge >= 0.3 is 0 Å². The van der Waals surface area contributed by atoms with E-state index >= 15 is 0 Å². The van der Waals surface area contributed by atoms with Crippen LogP contribution in [0.25, 0.3) is 5.69 Å². The van der Waals surface area contributed by atoms with E-state index in [1.54, 1.807) is 36.4 Å². The first kappa shape index (κ1) is 13.5. The fourth-order valence-corrected chi connectivity index (χ4v) is 2.29. The maximum absolute atomic E-state index is 13.4. The second kappa shape index (κ2) is 5.49. The molecule has 5 nitrogen and oxygen atoms in total. The topological polar surface area (TPSA) is 55.9 Å². The summed E-state index contributed by atoms with van der Waals surface area (Å²) in [6.07, 6.45) is 6.19. The van der Waals surface area contributed by atoms with Crippen LogP contribution in [0.1, 0.15) is 24.3 Å². The van der Waals surface area contributed by atoms with Crippen molar-refractivity contribution in [1.82, 2.24) is 19.3 Å². The van der Waals surface area contributed by atoms with Crippen molar-refractivity contribution < 1.29 is 9.50 Å². The molecule has 1 aromatic carbocycles. The molecule has 0 aliphatic heterocycles. The quantitative estimate of drug-likeness (QED) is 0.800. The molecule has 1 N–H and O–H groups in total. The Bertz CT molecular complexity index is 734. The summed E-state index contributed by atoms with van der Waals surface area (Å²) in [5, 5.41) is 14.1. The van der Waals surface area contributed by atoms with Crippen LogP contribution < -0.4 is 0 Å². The van der Waals surface area contributed by atoms with Crippen LogP contribution in [0.15, 0.2) is 49.2 Å². The molecular weight excluding hydrogens is 271 g/mol. The minimum absolute atomic E-state index is 0.377. The van der Waals surface area contributed by atoms with Crippen LogP contribution in [0.5, 0.6) is 0 Å². The van der Waals surface area contributed by atoms with Crippen LogP contribution in [-0.2, 0) is 6.54 Å². The molecule has 6 heteroatoms. The number of nitrogens with zero attached hydrogens (tertiary/aromatic N) is 4. The highest BCUT2D eigenvalue weighted by molar-refractivity contribution is 5.43. The van der Waals surface area contributed by atoms with Gasteiger partial charge in [0.2, 0.25) is 0 Å². The first-order chi connectivity index (χ1) is 10.1. The van der Waals surface area contributed by atoms with E-state index < -0.39 is 6.10 Å². The summed E-state index contributed by atoms with van der Waals surface area (Å²) >= 11 is 0. The zero-order valence-corrected chi connectivity index (χ0v) is 11.5. The van der Waals surface area contributed by atoms with Crippen molar-refractivity contribution in [2.75, 3.05) is 0 Å². The largest absolute Gasteiger partial charge is 0.389 e. The lowest BCUT2D eigenvalue weighted by Crippen LogP contribution is -2.10. The zero-order chi connectivity index (χ0) is 14.8. The predicted octanol–water partition coefficient (Wildman–Crippen LogP) is 2.31. The van der Waals surface area contributed by atoms with E-state index in [2.05, 4.69) is 10.1 Å². The maximum Gasteiger partial charge on any atom is 0.123 e. The SMILES string of the molecule is CC(O)c1cc(F)ccc1-n1nccc1Cn1ccnc1. The third kappa shape index (κ3) is 2.71. The van der Waals surface area contributed by atoms with E-state index in [-0.39, 0.29) is 5.82 Å². The summed E-state index contributed by atoms with van der Waals surface area (Å²) in [7, 11) is 0. The minimum Gasteiger partial charge on any atom is -0.389 e. The number of aliphatic hydroxyl groups is 1. The second-order valence-electron chi connectivity index (χ2n) is 4.85. The van der Waals surface area contributed by atoms with Gasteiger partial charge in [-0.2, -0.15) is 5.10 Å². The van der Waals surface area contributed by atoms with Crippen LogP contribution in [0.4, 0.5) is 4.39 Å². The van der Waals surface area contributed by atoms with Gasteiger partial charge in [-0.1, -0.05) is 0 Å². The molecule has 1 unspecified atom stereocenters. The van der Waals surface area contributed by atoms with Crippen LogP contribution in [-0.4, -0.2) is 24.4 Å². The molecule has 0 fully saturated rings. The number of halogens is 1. The van der Waals surface area contributed by atoms with Gasteiger partial charge in [0.25, 0.3) is 0 Å². The molecule has 2 aromatic heterocycles. The molecule has 0 aliphatic carbocycles. The van der Waals surface area contributed by atoms with Gasteiger partial charge in [-0.05, 0) is 31.2 Å². The molecule has 0 amide bonds. The van der Waals surface area contributed by atoms with Crippen LogP contribution >= 0.6 is 0 Å². The fourth-order valence-electron chi connectivity index (χ4n) is 2.29. The number of benzene rings is 1. The van der Waals surface area contributed by atoms with Gasteiger partial charge < -0.3 is 9.67 Å². The zero-order valence-electron chi connectivity index (χ0n) is 11.5. The molecule has 1 atom stereocenters. The molecule has 0 aliphatic rings. The third-order valence-electron chi connectivity index (χ3n) is 3.29. The number of hydrogen-bond donors (Lipinski definition) is 1. The molecule has 108 valence electrons. The van der Waals surface area contributed by atoms with E-state index in [0.29, 0.717) is 17.8 Å². The number of hydrogen-bond acceptors (Lipinski definition) is 3. The Hall–Kier alpha value is -2.47. The van der Waals surface area contributed by atoms with Gasteiger partial charge in [-0.15, -0.1) is 0 Å². The fraction of sp³-hybridized carbons (Fsp3) is 0.200. The smallest absolute Gasteiger partial charge is 0.123 e. The Morgan fingerprint density at radius 1 is 1.29 bits per heavy atom. The van der Waals surface area contributed by atoms with Crippen molar-refractivity contribution in [3.63, 3.8) is 0 Å². The highest BCUT2D eigenvalue weighted by Gasteiger charge is 2.14. The first-order valence-electron chi connectivity index (χ1n) is 6.61. The lowest BCUT2D eigenvalue weighted by atomic mass is 10.1. The van der Waals surface area contributed by atoms with E-state index in [1.165, 1.54) is 12.1 Å². The van der Waals surface area contributed by atoms with Crippen molar-refractivity contribution in [3.05, 3.63) is 66.3 Å². The summed E-state index contributed by atoms with van der Waals surface area (Å²) < 4.78 is 17.0. The summed E-state index contributed by atoms with van der Waals surface area (Å²) in [4.78, 5) is 4.01. The lowest BCUT2D eigenvalue weighted by Gasteiger charge is -2.15. The number of aromatic nitrogens is 4. The van der Waals surface area contributed by atoms with Gasteiger partial charge in [0, 0.05) is 24.2 Å². The highest BCUT2D eigenvalue weighted by atomic mass is 19.1. The number of rotatable bonds is 4. The Morgan fingerprint density at radius 2 is 2.14 bits per heavy atom. The van der Waals surface area contributed by atoms with Gasteiger partial charge in [0.1, 0.15) is 5.82 Å². The number of imidazole rings is 1. The molecule has 3 aromatic rings. The van der Waals surface area contributed by atoms with Crippen molar-refractivity contribution in [1.29, 1.82) is 0 Å². The minimum atomic E-state index is -0.777. The molecule has 0 bridgehead atoms. The second-order valence-corrected chi connectivity index (χ2v) is 4.85. The van der Waals surface area contributed by atoms with Crippen molar-refractivity contribution >= 4 is 0 Å². The Morgan fingerprint density at radius 3 is 2.86 bits per heavy atom. The van der Waals surface area contributed by atoms with Gasteiger partial charge in [-0.3, -0.25) is 0 Å². The third-order valence-corrected chi connectivity index (χ3v) is 3.29. The average molecular weight is 286 g/mol. The molecule has 0 radical (unpaired) electrons. The van der Waals surface area contributed by atoms with Gasteiger partial charge in [-0.25, -0.2) is 14.1 Å². The van der Waals surface area contributed by atoms with Crippen molar-refractivity contribution in [3.8, 4) is 5.69 Å². The standard InChI is InChI=1S/C15H15FN4O/c1-11(21)14-8-12(16)2-3-15(14)20-13(4-5-18-20)9-19-7-6-17-10-19/h2-8,10-11,21H,9H2,1H3. The van der Waals surface area contributed by atoms with Crippen molar-refractivity contribution in [2.45, 2.75) is 19.6 Å². The summed E-state index contributed by atoms with van der Waals surface area (Å²) in [6.45, 7) is 2.20. The molecule has 21 heavy (non-hydrogen) atoms. The molecular formula is C15H15FN4O. The molecule has 3 rings (SSSR count). The molecule has 0 spiro atoms.